The highest BCUT2D eigenvalue weighted by molar-refractivity contribution is 5.85. The van der Waals surface area contributed by atoms with E-state index >= 15 is 0 Å². The molecule has 4 aliphatic heterocycles. The summed E-state index contributed by atoms with van der Waals surface area (Å²) in [5.41, 5.74) is 2.27. The van der Waals surface area contributed by atoms with Crippen molar-refractivity contribution in [2.45, 2.75) is 65.0 Å². The molecule has 2 aromatic rings. The Morgan fingerprint density at radius 1 is 0.698 bits per heavy atom. The van der Waals surface area contributed by atoms with E-state index in [4.69, 9.17) is 9.47 Å². The fourth-order valence-corrected chi connectivity index (χ4v) is 6.67. The largest absolute Gasteiger partial charge is 0.338 e. The summed E-state index contributed by atoms with van der Waals surface area (Å²) in [7, 11) is 6.29. The van der Waals surface area contributed by atoms with Gasteiger partial charge in [-0.3, -0.25) is 9.59 Å². The number of rotatable bonds is 2. The van der Waals surface area contributed by atoms with E-state index in [1.807, 2.05) is 32.9 Å². The molecule has 0 bridgehead atoms. The standard InChI is InChI=1S/C21H25NO2.C8H15NO.C7H13NO/c1-16-15-22(2)14-13-21(16)23-19(17-9-5-3-6-10-17)20(24-21)18-11-7-4-8-12-18;1-8(2)6-9(3)5-4-7(8)10;1-6-5-8(2)4-3-7(6)9/h3-12,16,19-20H,13-15H2,1-2H3;4-6H2,1-3H3;6H,3-5H2,1-2H3. The summed E-state index contributed by atoms with van der Waals surface area (Å²) in [6.45, 7) is 14.0. The van der Waals surface area contributed by atoms with Crippen molar-refractivity contribution in [2.24, 2.45) is 17.3 Å². The highest BCUT2D eigenvalue weighted by atomic mass is 16.8. The molecule has 0 radical (unpaired) electrons. The number of carbonyl (C=O) groups excluding carboxylic acids is 2. The van der Waals surface area contributed by atoms with E-state index in [9.17, 15) is 9.59 Å². The Labute approximate surface area is 259 Å². The minimum absolute atomic E-state index is 0.0561. The van der Waals surface area contributed by atoms with E-state index in [1.54, 1.807) is 0 Å². The smallest absolute Gasteiger partial charge is 0.175 e. The summed E-state index contributed by atoms with van der Waals surface area (Å²) in [6.07, 6.45) is 2.28. The van der Waals surface area contributed by atoms with Crippen molar-refractivity contribution in [3.05, 3.63) is 71.8 Å². The lowest BCUT2D eigenvalue weighted by atomic mass is 9.83. The number of ketones is 2. The van der Waals surface area contributed by atoms with Crippen molar-refractivity contribution in [1.82, 2.24) is 14.7 Å². The molecule has 0 saturated carbocycles. The molecule has 4 heterocycles. The van der Waals surface area contributed by atoms with Gasteiger partial charge in [-0.1, -0.05) is 88.4 Å². The molecule has 6 rings (SSSR count). The molecule has 0 N–H and O–H groups in total. The number of piperidine rings is 3. The zero-order valence-corrected chi connectivity index (χ0v) is 27.4. The maximum absolute atomic E-state index is 11.2. The van der Waals surface area contributed by atoms with Gasteiger partial charge in [0, 0.05) is 75.8 Å². The van der Waals surface area contributed by atoms with Gasteiger partial charge in [0.25, 0.3) is 0 Å². The van der Waals surface area contributed by atoms with Gasteiger partial charge >= 0.3 is 0 Å². The number of likely N-dealkylation sites (tertiary alicyclic amines) is 3. The minimum Gasteiger partial charge on any atom is -0.338 e. The third-order valence-corrected chi connectivity index (χ3v) is 9.38. The minimum atomic E-state index is -0.479. The highest BCUT2D eigenvalue weighted by Crippen LogP contribution is 2.52. The normalized spacial score (nSPS) is 31.6. The van der Waals surface area contributed by atoms with Crippen LogP contribution < -0.4 is 0 Å². The van der Waals surface area contributed by atoms with Crippen LogP contribution in [0.25, 0.3) is 0 Å². The van der Waals surface area contributed by atoms with Crippen LogP contribution in [0.15, 0.2) is 60.7 Å². The van der Waals surface area contributed by atoms with Gasteiger partial charge in [0.15, 0.2) is 5.79 Å². The molecule has 4 saturated heterocycles. The molecule has 4 atom stereocenters. The number of hydrogen-bond acceptors (Lipinski definition) is 7. The molecule has 43 heavy (non-hydrogen) atoms. The van der Waals surface area contributed by atoms with Crippen LogP contribution in [-0.2, 0) is 19.1 Å². The van der Waals surface area contributed by atoms with Crippen molar-refractivity contribution in [2.75, 3.05) is 60.4 Å². The van der Waals surface area contributed by atoms with Crippen LogP contribution in [0.4, 0.5) is 0 Å². The zero-order chi connectivity index (χ0) is 31.2. The van der Waals surface area contributed by atoms with E-state index in [0.717, 1.165) is 58.5 Å². The lowest BCUT2D eigenvalue weighted by molar-refractivity contribution is -0.231. The van der Waals surface area contributed by atoms with Gasteiger partial charge in [-0.2, -0.15) is 0 Å². The SMILES string of the molecule is CC1CN(C)CCC12OC(c1ccccc1)C(c1ccccc1)O2.CC1CN(C)CCC1=O.CN1CCC(=O)C(C)(C)C1. The molecule has 7 nitrogen and oxygen atoms in total. The van der Waals surface area contributed by atoms with E-state index in [1.165, 1.54) is 11.1 Å². The molecule has 1 spiro atoms. The third kappa shape index (κ3) is 8.61. The first-order chi connectivity index (χ1) is 20.4. The highest BCUT2D eigenvalue weighted by Gasteiger charge is 2.53. The Bertz CT molecular complexity index is 1140. The van der Waals surface area contributed by atoms with Crippen LogP contribution in [0.1, 0.15) is 70.3 Å². The van der Waals surface area contributed by atoms with Gasteiger partial charge in [-0.05, 0) is 32.3 Å². The first kappa shape index (κ1) is 33.5. The zero-order valence-electron chi connectivity index (χ0n) is 27.4. The number of carbonyl (C=O) groups is 2. The van der Waals surface area contributed by atoms with Crippen molar-refractivity contribution in [1.29, 1.82) is 0 Å². The fraction of sp³-hybridized carbons (Fsp3) is 0.611. The number of nitrogens with zero attached hydrogens (tertiary/aromatic N) is 3. The Morgan fingerprint density at radius 2 is 1.21 bits per heavy atom. The predicted octanol–water partition coefficient (Wildman–Crippen LogP) is 5.63. The Balaban J connectivity index is 0.000000183. The summed E-state index contributed by atoms with van der Waals surface area (Å²) >= 11 is 0. The molecule has 2 aromatic carbocycles. The average Bonchev–Trinajstić information content (AvgIpc) is 3.38. The molecular weight excluding hydrogens is 538 g/mol. The van der Waals surface area contributed by atoms with Crippen LogP contribution in [0.2, 0.25) is 0 Å². The summed E-state index contributed by atoms with van der Waals surface area (Å²) in [5.74, 6) is 0.965. The fourth-order valence-electron chi connectivity index (χ4n) is 6.67. The summed E-state index contributed by atoms with van der Waals surface area (Å²) < 4.78 is 13.3. The second-order valence-corrected chi connectivity index (χ2v) is 13.8. The quantitative estimate of drug-likeness (QED) is 0.449. The van der Waals surface area contributed by atoms with Crippen molar-refractivity contribution in [3.63, 3.8) is 0 Å². The topological polar surface area (TPSA) is 62.3 Å². The van der Waals surface area contributed by atoms with Crippen molar-refractivity contribution in [3.8, 4) is 0 Å². The summed E-state index contributed by atoms with van der Waals surface area (Å²) in [6, 6.07) is 21.0. The Hall–Kier alpha value is -2.42. The van der Waals surface area contributed by atoms with Crippen LogP contribution in [0.3, 0.4) is 0 Å². The molecule has 4 unspecified atom stereocenters. The average molecular weight is 592 g/mol. The number of Topliss-reactive ketones (excluding diaryl/α,β-unsaturated/α-hetero) is 2. The summed E-state index contributed by atoms with van der Waals surface area (Å²) in [4.78, 5) is 28.9. The van der Waals surface area contributed by atoms with Gasteiger partial charge in [0.1, 0.15) is 23.8 Å². The van der Waals surface area contributed by atoms with Gasteiger partial charge < -0.3 is 24.2 Å². The molecule has 0 aromatic heterocycles. The third-order valence-electron chi connectivity index (χ3n) is 9.38. The van der Waals surface area contributed by atoms with Gasteiger partial charge in [0.2, 0.25) is 0 Å². The molecule has 236 valence electrons. The van der Waals surface area contributed by atoms with Crippen molar-refractivity contribution < 1.29 is 19.1 Å². The molecular formula is C36H53N3O4. The lowest BCUT2D eigenvalue weighted by Gasteiger charge is -2.41. The predicted molar refractivity (Wildman–Crippen MR) is 172 cm³/mol. The van der Waals surface area contributed by atoms with Crippen LogP contribution in [0.5, 0.6) is 0 Å². The van der Waals surface area contributed by atoms with E-state index in [-0.39, 0.29) is 23.5 Å². The van der Waals surface area contributed by atoms with Gasteiger partial charge in [0.05, 0.1) is 0 Å². The lowest BCUT2D eigenvalue weighted by Crippen LogP contribution is -2.50. The first-order valence-electron chi connectivity index (χ1n) is 16.0. The van der Waals surface area contributed by atoms with E-state index in [2.05, 4.69) is 91.3 Å². The molecule has 4 fully saturated rings. The first-order valence-corrected chi connectivity index (χ1v) is 16.0. The van der Waals surface area contributed by atoms with E-state index < -0.39 is 5.79 Å². The second kappa shape index (κ2) is 14.6. The molecule has 0 amide bonds. The molecule has 0 aliphatic carbocycles. The Morgan fingerprint density at radius 3 is 1.65 bits per heavy atom. The molecule has 7 heteroatoms. The number of hydrogen-bond donors (Lipinski definition) is 0. The Kier molecular flexibility index (Phi) is 11.3. The second-order valence-electron chi connectivity index (χ2n) is 13.8. The number of benzene rings is 2. The molecule has 4 aliphatic rings. The van der Waals surface area contributed by atoms with Gasteiger partial charge in [-0.25, -0.2) is 0 Å². The monoisotopic (exact) mass is 591 g/mol. The van der Waals surface area contributed by atoms with Crippen LogP contribution in [0, 0.1) is 17.3 Å². The van der Waals surface area contributed by atoms with E-state index in [0.29, 0.717) is 17.5 Å². The maximum Gasteiger partial charge on any atom is 0.175 e. The van der Waals surface area contributed by atoms with Crippen LogP contribution in [-0.4, -0.2) is 92.5 Å². The van der Waals surface area contributed by atoms with Gasteiger partial charge in [-0.15, -0.1) is 0 Å². The number of ether oxygens (including phenoxy) is 2. The maximum atomic E-state index is 11.2. The van der Waals surface area contributed by atoms with Crippen LogP contribution >= 0.6 is 0 Å². The summed E-state index contributed by atoms with van der Waals surface area (Å²) in [5, 5.41) is 0. The van der Waals surface area contributed by atoms with Crippen molar-refractivity contribution >= 4 is 11.6 Å².